The second-order valence-electron chi connectivity index (χ2n) is 5.87. The number of nitrogens with one attached hydrogen (secondary N) is 1. The van der Waals surface area contributed by atoms with Crippen LogP contribution in [-0.4, -0.2) is 31.6 Å². The van der Waals surface area contributed by atoms with Gasteiger partial charge < -0.3 is 14.8 Å². The summed E-state index contributed by atoms with van der Waals surface area (Å²) in [6, 6.07) is 11.7. The molecule has 0 aliphatic carbocycles. The van der Waals surface area contributed by atoms with E-state index in [1.54, 1.807) is 39.4 Å². The van der Waals surface area contributed by atoms with Gasteiger partial charge in [0.15, 0.2) is 11.5 Å². The van der Waals surface area contributed by atoms with Gasteiger partial charge in [-0.05, 0) is 54.8 Å². The molecule has 1 amide bonds. The van der Waals surface area contributed by atoms with Crippen LogP contribution in [0.1, 0.15) is 18.1 Å². The molecule has 7 nitrogen and oxygen atoms in total. The highest BCUT2D eigenvalue weighted by Crippen LogP contribution is 2.27. The fourth-order valence-corrected chi connectivity index (χ4v) is 2.50. The van der Waals surface area contributed by atoms with Gasteiger partial charge in [0.1, 0.15) is 0 Å². The van der Waals surface area contributed by atoms with Gasteiger partial charge in [-0.3, -0.25) is 14.9 Å². The summed E-state index contributed by atoms with van der Waals surface area (Å²) in [6.45, 7) is 2.17. The first-order chi connectivity index (χ1) is 12.9. The van der Waals surface area contributed by atoms with E-state index in [1.807, 2.05) is 18.2 Å². The predicted molar refractivity (Wildman–Crippen MR) is 103 cm³/mol. The van der Waals surface area contributed by atoms with Crippen molar-refractivity contribution in [2.24, 2.45) is 0 Å². The molecule has 0 bridgehead atoms. The SMILES string of the molecule is COc1ccc(CCNC(=O)/C(C)=C/c2ccc([N+](=O)[O-])cc2)cc1OC. The lowest BCUT2D eigenvalue weighted by Gasteiger charge is -2.10. The highest BCUT2D eigenvalue weighted by atomic mass is 16.6. The number of hydrogen-bond acceptors (Lipinski definition) is 5. The summed E-state index contributed by atoms with van der Waals surface area (Å²) < 4.78 is 10.5. The molecule has 0 fully saturated rings. The van der Waals surface area contributed by atoms with Crippen LogP contribution in [0.5, 0.6) is 11.5 Å². The number of carbonyl (C=O) groups is 1. The molecule has 0 aliphatic heterocycles. The molecule has 0 radical (unpaired) electrons. The number of hydrogen-bond donors (Lipinski definition) is 1. The van der Waals surface area contributed by atoms with Crippen molar-refractivity contribution in [3.05, 3.63) is 69.3 Å². The van der Waals surface area contributed by atoms with Crippen molar-refractivity contribution >= 4 is 17.7 Å². The largest absolute Gasteiger partial charge is 0.493 e. The van der Waals surface area contributed by atoms with Crippen LogP contribution >= 0.6 is 0 Å². The number of non-ortho nitro benzene ring substituents is 1. The average Bonchev–Trinajstić information content (AvgIpc) is 2.68. The summed E-state index contributed by atoms with van der Waals surface area (Å²) in [4.78, 5) is 22.4. The average molecular weight is 370 g/mol. The number of nitro benzene ring substituents is 1. The van der Waals surface area contributed by atoms with Crippen LogP contribution in [0, 0.1) is 10.1 Å². The maximum Gasteiger partial charge on any atom is 0.269 e. The molecular formula is C20H22N2O5. The molecule has 0 spiro atoms. The Hall–Kier alpha value is -3.35. The molecular weight excluding hydrogens is 348 g/mol. The molecule has 0 saturated carbocycles. The Morgan fingerprint density at radius 2 is 1.78 bits per heavy atom. The van der Waals surface area contributed by atoms with Crippen LogP contribution in [0.4, 0.5) is 5.69 Å². The Morgan fingerprint density at radius 1 is 1.11 bits per heavy atom. The minimum Gasteiger partial charge on any atom is -0.493 e. The van der Waals surface area contributed by atoms with E-state index in [4.69, 9.17) is 9.47 Å². The molecule has 2 aromatic carbocycles. The quantitative estimate of drug-likeness (QED) is 0.437. The summed E-state index contributed by atoms with van der Waals surface area (Å²) in [5.41, 5.74) is 2.29. The van der Waals surface area contributed by atoms with Gasteiger partial charge in [-0.2, -0.15) is 0 Å². The molecule has 0 atom stereocenters. The maximum atomic E-state index is 12.2. The molecule has 142 valence electrons. The second-order valence-corrected chi connectivity index (χ2v) is 5.87. The van der Waals surface area contributed by atoms with E-state index in [9.17, 15) is 14.9 Å². The van der Waals surface area contributed by atoms with Crippen molar-refractivity contribution < 1.29 is 19.2 Å². The standard InChI is InChI=1S/C20H22N2O5/c1-14(12-15-4-7-17(8-5-15)22(24)25)20(23)21-11-10-16-6-9-18(26-2)19(13-16)27-3/h4-9,12-13H,10-11H2,1-3H3,(H,21,23)/b14-12+. The zero-order chi connectivity index (χ0) is 19.8. The first-order valence-electron chi connectivity index (χ1n) is 8.36. The number of ether oxygens (including phenoxy) is 2. The van der Waals surface area contributed by atoms with E-state index in [0.29, 0.717) is 30.0 Å². The first kappa shape index (κ1) is 20.0. The molecule has 27 heavy (non-hydrogen) atoms. The van der Waals surface area contributed by atoms with Crippen molar-refractivity contribution in [2.75, 3.05) is 20.8 Å². The molecule has 2 aromatic rings. The summed E-state index contributed by atoms with van der Waals surface area (Å²) in [5.74, 6) is 1.12. The summed E-state index contributed by atoms with van der Waals surface area (Å²) in [6.07, 6.45) is 2.34. The van der Waals surface area contributed by atoms with E-state index >= 15 is 0 Å². The third-order valence-corrected chi connectivity index (χ3v) is 3.99. The predicted octanol–water partition coefficient (Wildman–Crippen LogP) is 3.37. The highest BCUT2D eigenvalue weighted by molar-refractivity contribution is 5.97. The molecule has 1 N–H and O–H groups in total. The Morgan fingerprint density at radius 3 is 2.37 bits per heavy atom. The van der Waals surface area contributed by atoms with E-state index < -0.39 is 4.92 Å². The Balaban J connectivity index is 1.92. The van der Waals surface area contributed by atoms with Gasteiger partial charge in [-0.25, -0.2) is 0 Å². The number of methoxy groups -OCH3 is 2. The summed E-state index contributed by atoms with van der Waals surface area (Å²) in [7, 11) is 3.16. The third kappa shape index (κ3) is 5.57. The smallest absolute Gasteiger partial charge is 0.269 e. The van der Waals surface area contributed by atoms with E-state index in [-0.39, 0.29) is 11.6 Å². The maximum absolute atomic E-state index is 12.2. The zero-order valence-corrected chi connectivity index (χ0v) is 15.5. The van der Waals surface area contributed by atoms with Crippen LogP contribution in [0.15, 0.2) is 48.0 Å². The number of nitro groups is 1. The van der Waals surface area contributed by atoms with Crippen molar-refractivity contribution in [2.45, 2.75) is 13.3 Å². The van der Waals surface area contributed by atoms with Crippen molar-refractivity contribution in [1.29, 1.82) is 0 Å². The molecule has 0 heterocycles. The second kappa shape index (κ2) is 9.38. The summed E-state index contributed by atoms with van der Waals surface area (Å²) in [5, 5.41) is 13.5. The van der Waals surface area contributed by atoms with E-state index in [1.165, 1.54) is 12.1 Å². The summed E-state index contributed by atoms with van der Waals surface area (Å²) >= 11 is 0. The lowest BCUT2D eigenvalue weighted by molar-refractivity contribution is -0.384. The van der Waals surface area contributed by atoms with Gasteiger partial charge in [-0.15, -0.1) is 0 Å². The first-order valence-corrected chi connectivity index (χ1v) is 8.36. The number of rotatable bonds is 8. The van der Waals surface area contributed by atoms with Crippen LogP contribution in [0.25, 0.3) is 6.08 Å². The molecule has 2 rings (SSSR count). The number of amides is 1. The van der Waals surface area contributed by atoms with Gasteiger partial charge in [0, 0.05) is 24.3 Å². The van der Waals surface area contributed by atoms with Gasteiger partial charge in [0.25, 0.3) is 5.69 Å². The lowest BCUT2D eigenvalue weighted by Crippen LogP contribution is -2.26. The van der Waals surface area contributed by atoms with Crippen molar-refractivity contribution in [3.63, 3.8) is 0 Å². The molecule has 0 saturated heterocycles. The van der Waals surface area contributed by atoms with Crippen LogP contribution in [0.2, 0.25) is 0 Å². The Labute approximate surface area is 157 Å². The third-order valence-electron chi connectivity index (χ3n) is 3.99. The van der Waals surface area contributed by atoms with Gasteiger partial charge in [0.2, 0.25) is 5.91 Å². The highest BCUT2D eigenvalue weighted by Gasteiger charge is 2.08. The van der Waals surface area contributed by atoms with Crippen LogP contribution in [-0.2, 0) is 11.2 Å². The van der Waals surface area contributed by atoms with E-state index in [0.717, 1.165) is 11.1 Å². The minimum absolute atomic E-state index is 0.0178. The lowest BCUT2D eigenvalue weighted by atomic mass is 10.1. The minimum atomic E-state index is -0.457. The topological polar surface area (TPSA) is 90.7 Å². The molecule has 0 aromatic heterocycles. The monoisotopic (exact) mass is 370 g/mol. The van der Waals surface area contributed by atoms with Crippen LogP contribution in [0.3, 0.4) is 0 Å². The molecule has 0 aliphatic rings. The molecule has 0 unspecified atom stereocenters. The van der Waals surface area contributed by atoms with Crippen molar-refractivity contribution in [3.8, 4) is 11.5 Å². The normalized spacial score (nSPS) is 11.0. The van der Waals surface area contributed by atoms with Crippen LogP contribution < -0.4 is 14.8 Å². The number of benzene rings is 2. The number of nitrogens with zero attached hydrogens (tertiary/aromatic N) is 1. The zero-order valence-electron chi connectivity index (χ0n) is 15.5. The Bertz CT molecular complexity index is 844. The van der Waals surface area contributed by atoms with Crippen molar-refractivity contribution in [1.82, 2.24) is 5.32 Å². The van der Waals surface area contributed by atoms with Gasteiger partial charge in [0.05, 0.1) is 19.1 Å². The molecule has 7 heteroatoms. The van der Waals surface area contributed by atoms with E-state index in [2.05, 4.69) is 5.32 Å². The van der Waals surface area contributed by atoms with Gasteiger partial charge >= 0.3 is 0 Å². The fraction of sp³-hybridized carbons (Fsp3) is 0.250. The number of carbonyl (C=O) groups excluding carboxylic acids is 1. The fourth-order valence-electron chi connectivity index (χ4n) is 2.50. The Kier molecular flexibility index (Phi) is 6.93. The van der Waals surface area contributed by atoms with Gasteiger partial charge in [-0.1, -0.05) is 6.07 Å².